The summed E-state index contributed by atoms with van der Waals surface area (Å²) in [4.78, 5) is 12.1. The molecule has 2 rings (SSSR count). The summed E-state index contributed by atoms with van der Waals surface area (Å²) >= 11 is 0. The SMILES string of the molecule is O=C(O)N1CCC2(CC1)CNC2. The molecular formula is C8H14N2O2. The summed E-state index contributed by atoms with van der Waals surface area (Å²) in [6.45, 7) is 3.61. The van der Waals surface area contributed by atoms with E-state index in [-0.39, 0.29) is 0 Å². The fraction of sp³-hybridized carbons (Fsp3) is 0.875. The van der Waals surface area contributed by atoms with E-state index in [1.807, 2.05) is 0 Å². The largest absolute Gasteiger partial charge is 0.465 e. The number of rotatable bonds is 0. The van der Waals surface area contributed by atoms with Crippen LogP contribution in [0.4, 0.5) is 4.79 Å². The van der Waals surface area contributed by atoms with Gasteiger partial charge in [-0.25, -0.2) is 4.79 Å². The second kappa shape index (κ2) is 2.62. The molecule has 2 saturated heterocycles. The maximum atomic E-state index is 10.6. The number of nitrogens with zero attached hydrogens (tertiary/aromatic N) is 1. The molecule has 0 saturated carbocycles. The number of carbonyl (C=O) groups is 1. The highest BCUT2D eigenvalue weighted by Gasteiger charge is 2.40. The van der Waals surface area contributed by atoms with Gasteiger partial charge in [0.15, 0.2) is 0 Å². The molecule has 2 fully saturated rings. The fourth-order valence-corrected chi connectivity index (χ4v) is 2.00. The number of carboxylic acid groups (broad SMARTS) is 1. The van der Waals surface area contributed by atoms with E-state index < -0.39 is 6.09 Å². The van der Waals surface area contributed by atoms with Gasteiger partial charge in [-0.3, -0.25) is 0 Å². The molecule has 0 aromatic carbocycles. The second-order valence-corrected chi connectivity index (χ2v) is 3.87. The molecule has 0 aromatic rings. The third-order valence-corrected chi connectivity index (χ3v) is 3.09. The monoisotopic (exact) mass is 170 g/mol. The highest BCUT2D eigenvalue weighted by atomic mass is 16.4. The molecule has 4 heteroatoms. The van der Waals surface area contributed by atoms with E-state index in [1.54, 1.807) is 0 Å². The first-order valence-corrected chi connectivity index (χ1v) is 4.41. The number of nitrogens with one attached hydrogen (secondary N) is 1. The van der Waals surface area contributed by atoms with E-state index in [0.29, 0.717) is 5.41 Å². The minimum absolute atomic E-state index is 0.450. The van der Waals surface area contributed by atoms with Crippen molar-refractivity contribution in [1.82, 2.24) is 10.2 Å². The molecule has 0 radical (unpaired) electrons. The average molecular weight is 170 g/mol. The Morgan fingerprint density at radius 3 is 2.25 bits per heavy atom. The molecular weight excluding hydrogens is 156 g/mol. The van der Waals surface area contributed by atoms with Crippen LogP contribution in [0.1, 0.15) is 12.8 Å². The number of hydrogen-bond acceptors (Lipinski definition) is 2. The highest BCUT2D eigenvalue weighted by molar-refractivity contribution is 5.65. The zero-order valence-corrected chi connectivity index (χ0v) is 7.05. The normalized spacial score (nSPS) is 26.8. The quantitative estimate of drug-likeness (QED) is 0.551. The lowest BCUT2D eigenvalue weighted by molar-refractivity contribution is 0.0544. The van der Waals surface area contributed by atoms with Crippen molar-refractivity contribution in [2.45, 2.75) is 12.8 Å². The van der Waals surface area contributed by atoms with E-state index >= 15 is 0 Å². The maximum Gasteiger partial charge on any atom is 0.407 e. The molecule has 2 aliphatic heterocycles. The third-order valence-electron chi connectivity index (χ3n) is 3.09. The van der Waals surface area contributed by atoms with Crippen LogP contribution in [0.2, 0.25) is 0 Å². The van der Waals surface area contributed by atoms with Gasteiger partial charge in [-0.15, -0.1) is 0 Å². The Morgan fingerprint density at radius 2 is 1.92 bits per heavy atom. The third kappa shape index (κ3) is 1.16. The van der Waals surface area contributed by atoms with Gasteiger partial charge in [0.1, 0.15) is 0 Å². The standard InChI is InChI=1S/C8H14N2O2/c11-7(12)10-3-1-8(2-4-10)5-9-6-8/h9H,1-6H2,(H,11,12). The van der Waals surface area contributed by atoms with Crippen LogP contribution >= 0.6 is 0 Å². The minimum Gasteiger partial charge on any atom is -0.465 e. The van der Waals surface area contributed by atoms with Crippen molar-refractivity contribution in [3.05, 3.63) is 0 Å². The molecule has 0 bridgehead atoms. The van der Waals surface area contributed by atoms with Crippen molar-refractivity contribution in [1.29, 1.82) is 0 Å². The summed E-state index contributed by atoms with van der Waals surface area (Å²) in [5.41, 5.74) is 0.450. The molecule has 68 valence electrons. The molecule has 0 unspecified atom stereocenters. The molecule has 0 atom stereocenters. The van der Waals surface area contributed by atoms with Gasteiger partial charge >= 0.3 is 6.09 Å². The van der Waals surface area contributed by atoms with Crippen LogP contribution in [0.15, 0.2) is 0 Å². The summed E-state index contributed by atoms with van der Waals surface area (Å²) in [5.74, 6) is 0. The number of amides is 1. The summed E-state index contributed by atoms with van der Waals surface area (Å²) in [6, 6.07) is 0. The number of piperidine rings is 1. The molecule has 2 heterocycles. The first kappa shape index (κ1) is 7.86. The number of likely N-dealkylation sites (tertiary alicyclic amines) is 1. The van der Waals surface area contributed by atoms with Crippen molar-refractivity contribution in [3.63, 3.8) is 0 Å². The highest BCUT2D eigenvalue weighted by Crippen LogP contribution is 2.34. The first-order chi connectivity index (χ1) is 5.72. The number of hydrogen-bond donors (Lipinski definition) is 2. The Labute approximate surface area is 71.5 Å². The minimum atomic E-state index is -0.767. The van der Waals surface area contributed by atoms with Crippen LogP contribution in [0.3, 0.4) is 0 Å². The van der Waals surface area contributed by atoms with Gasteiger partial charge in [0.2, 0.25) is 0 Å². The van der Waals surface area contributed by atoms with Gasteiger partial charge < -0.3 is 15.3 Å². The van der Waals surface area contributed by atoms with Crippen molar-refractivity contribution < 1.29 is 9.90 Å². The van der Waals surface area contributed by atoms with Gasteiger partial charge in [-0.2, -0.15) is 0 Å². The molecule has 2 aliphatic rings. The Morgan fingerprint density at radius 1 is 1.33 bits per heavy atom. The fourth-order valence-electron chi connectivity index (χ4n) is 2.00. The molecule has 12 heavy (non-hydrogen) atoms. The van der Waals surface area contributed by atoms with Crippen LogP contribution in [0, 0.1) is 5.41 Å². The zero-order valence-electron chi connectivity index (χ0n) is 7.05. The van der Waals surface area contributed by atoms with Crippen LogP contribution < -0.4 is 5.32 Å². The van der Waals surface area contributed by atoms with E-state index in [2.05, 4.69) is 5.32 Å². The lowest BCUT2D eigenvalue weighted by atomic mass is 9.73. The first-order valence-electron chi connectivity index (χ1n) is 4.41. The molecule has 1 spiro atoms. The summed E-state index contributed by atoms with van der Waals surface area (Å²) in [6.07, 6.45) is 1.30. The molecule has 4 nitrogen and oxygen atoms in total. The lowest BCUT2D eigenvalue weighted by Gasteiger charge is -2.47. The zero-order chi connectivity index (χ0) is 8.60. The predicted molar refractivity (Wildman–Crippen MR) is 44.1 cm³/mol. The second-order valence-electron chi connectivity index (χ2n) is 3.87. The topological polar surface area (TPSA) is 52.6 Å². The van der Waals surface area contributed by atoms with Gasteiger partial charge in [0.25, 0.3) is 0 Å². The Balaban J connectivity index is 1.88. The predicted octanol–water partition coefficient (Wildman–Crippen LogP) is 0.350. The lowest BCUT2D eigenvalue weighted by Crippen LogP contribution is -2.58. The molecule has 0 aliphatic carbocycles. The Bertz CT molecular complexity index is 191. The summed E-state index contributed by atoms with van der Waals surface area (Å²) < 4.78 is 0. The van der Waals surface area contributed by atoms with Crippen molar-refractivity contribution in [2.24, 2.45) is 5.41 Å². The smallest absolute Gasteiger partial charge is 0.407 e. The summed E-state index contributed by atoms with van der Waals surface area (Å²) in [7, 11) is 0. The van der Waals surface area contributed by atoms with E-state index in [9.17, 15) is 4.79 Å². The van der Waals surface area contributed by atoms with Gasteiger partial charge in [-0.05, 0) is 18.3 Å². The van der Waals surface area contributed by atoms with Crippen molar-refractivity contribution in [3.8, 4) is 0 Å². The van der Waals surface area contributed by atoms with Gasteiger partial charge in [0, 0.05) is 26.2 Å². The average Bonchev–Trinajstić information content (AvgIpc) is 2.02. The van der Waals surface area contributed by atoms with Crippen molar-refractivity contribution >= 4 is 6.09 Å². The molecule has 1 amide bonds. The van der Waals surface area contributed by atoms with Crippen LogP contribution in [-0.4, -0.2) is 42.3 Å². The Kier molecular flexibility index (Phi) is 1.72. The molecule has 0 aromatic heterocycles. The van der Waals surface area contributed by atoms with Crippen LogP contribution in [0.5, 0.6) is 0 Å². The van der Waals surface area contributed by atoms with Crippen LogP contribution in [-0.2, 0) is 0 Å². The van der Waals surface area contributed by atoms with Crippen LogP contribution in [0.25, 0.3) is 0 Å². The van der Waals surface area contributed by atoms with E-state index in [0.717, 1.165) is 39.0 Å². The van der Waals surface area contributed by atoms with E-state index in [1.165, 1.54) is 4.90 Å². The Hall–Kier alpha value is -0.770. The van der Waals surface area contributed by atoms with Gasteiger partial charge in [0.05, 0.1) is 0 Å². The summed E-state index contributed by atoms with van der Waals surface area (Å²) in [5, 5.41) is 12.0. The van der Waals surface area contributed by atoms with E-state index in [4.69, 9.17) is 5.11 Å². The maximum absolute atomic E-state index is 10.6. The molecule has 2 N–H and O–H groups in total. The van der Waals surface area contributed by atoms with Gasteiger partial charge in [-0.1, -0.05) is 0 Å². The van der Waals surface area contributed by atoms with Crippen molar-refractivity contribution in [2.75, 3.05) is 26.2 Å².